The van der Waals surface area contributed by atoms with Crippen LogP contribution < -0.4 is 5.32 Å². The minimum atomic E-state index is -4.26. The van der Waals surface area contributed by atoms with Crippen LogP contribution in [0.1, 0.15) is 6.42 Å². The van der Waals surface area contributed by atoms with Crippen LogP contribution in [0.4, 0.5) is 14.5 Å². The van der Waals surface area contributed by atoms with E-state index in [4.69, 9.17) is 0 Å². The summed E-state index contributed by atoms with van der Waals surface area (Å²) in [4.78, 5) is 8.60. The van der Waals surface area contributed by atoms with Crippen LogP contribution in [0.5, 0.6) is 0 Å². The van der Waals surface area contributed by atoms with E-state index in [2.05, 4.69) is 5.32 Å². The van der Waals surface area contributed by atoms with Crippen LogP contribution in [0.3, 0.4) is 0 Å². The zero-order valence-electron chi connectivity index (χ0n) is 11.5. The smallest absolute Gasteiger partial charge is 0.306 e. The monoisotopic (exact) mass is 323 g/mol. The normalized spacial score (nSPS) is 11.9. The first kappa shape index (κ1) is 17.4. The van der Waals surface area contributed by atoms with Gasteiger partial charge in [-0.05, 0) is 20.0 Å². The van der Waals surface area contributed by atoms with Crippen LogP contribution in [0.25, 0.3) is 0 Å². The van der Waals surface area contributed by atoms with Crippen LogP contribution in [0.2, 0.25) is 0 Å². The molecule has 0 bridgehead atoms. The zero-order valence-corrected chi connectivity index (χ0v) is 12.3. The Hall–Kier alpha value is -1.65. The summed E-state index contributed by atoms with van der Waals surface area (Å²) in [5.41, 5.74) is -1.08. The zero-order chi connectivity index (χ0) is 16.2. The molecule has 21 heavy (non-hydrogen) atoms. The van der Waals surface area contributed by atoms with Gasteiger partial charge in [0.05, 0.1) is 4.92 Å². The number of hydrogen-bond acceptors (Lipinski definition) is 5. The summed E-state index contributed by atoms with van der Waals surface area (Å²) in [5.74, 6) is -2.78. The minimum Gasteiger partial charge on any atom is -0.320 e. The van der Waals surface area contributed by atoms with E-state index in [9.17, 15) is 27.3 Å². The maximum absolute atomic E-state index is 13.7. The van der Waals surface area contributed by atoms with E-state index in [1.165, 1.54) is 7.05 Å². The van der Waals surface area contributed by atoms with Crippen molar-refractivity contribution in [3.05, 3.63) is 33.9 Å². The predicted octanol–water partition coefficient (Wildman–Crippen LogP) is 1.10. The fourth-order valence-corrected chi connectivity index (χ4v) is 2.89. The van der Waals surface area contributed by atoms with E-state index in [1.807, 2.05) is 0 Å². The van der Waals surface area contributed by atoms with Crippen LogP contribution >= 0.6 is 0 Å². The average molecular weight is 323 g/mol. The largest absolute Gasteiger partial charge is 0.320 e. The molecule has 0 amide bonds. The lowest BCUT2D eigenvalue weighted by Crippen LogP contribution is -2.30. The maximum atomic E-state index is 13.7. The van der Waals surface area contributed by atoms with E-state index in [1.54, 1.807) is 7.05 Å². The Labute approximate surface area is 120 Å². The second-order valence-electron chi connectivity index (χ2n) is 4.27. The van der Waals surface area contributed by atoms with E-state index in [0.717, 1.165) is 4.31 Å². The molecular weight excluding hydrogens is 308 g/mol. The highest BCUT2D eigenvalue weighted by atomic mass is 32.2. The molecule has 0 radical (unpaired) electrons. The summed E-state index contributed by atoms with van der Waals surface area (Å²) in [6, 6.07) is 0.598. The molecule has 0 aliphatic heterocycles. The lowest BCUT2D eigenvalue weighted by atomic mass is 10.3. The fourth-order valence-electron chi connectivity index (χ4n) is 1.62. The van der Waals surface area contributed by atoms with E-state index < -0.39 is 37.2 Å². The number of nitrogens with zero attached hydrogens (tertiary/aromatic N) is 2. The number of nitro groups is 1. The fraction of sp³-hybridized carbons (Fsp3) is 0.455. The van der Waals surface area contributed by atoms with Crippen molar-refractivity contribution in [3.63, 3.8) is 0 Å². The molecule has 0 atom stereocenters. The molecule has 0 unspecified atom stereocenters. The van der Waals surface area contributed by atoms with Gasteiger partial charge in [-0.25, -0.2) is 17.1 Å². The van der Waals surface area contributed by atoms with Gasteiger partial charge < -0.3 is 5.32 Å². The third-order valence-electron chi connectivity index (χ3n) is 2.79. The lowest BCUT2D eigenvalue weighted by Gasteiger charge is -2.17. The van der Waals surface area contributed by atoms with Gasteiger partial charge in [0.25, 0.3) is 0 Å². The third-order valence-corrected chi connectivity index (χ3v) is 4.66. The Bertz CT molecular complexity index is 637. The van der Waals surface area contributed by atoms with Gasteiger partial charge >= 0.3 is 5.69 Å². The van der Waals surface area contributed by atoms with Crippen LogP contribution in [-0.4, -0.2) is 44.8 Å². The van der Waals surface area contributed by atoms with Gasteiger partial charge in [0.2, 0.25) is 15.8 Å². The first-order valence-electron chi connectivity index (χ1n) is 5.96. The predicted molar refractivity (Wildman–Crippen MR) is 71.4 cm³/mol. The molecule has 0 spiro atoms. The first-order chi connectivity index (χ1) is 9.71. The van der Waals surface area contributed by atoms with Crippen molar-refractivity contribution in [1.29, 1.82) is 0 Å². The molecule has 0 saturated carbocycles. The maximum Gasteiger partial charge on any atom is 0.306 e. The molecule has 0 fully saturated rings. The third kappa shape index (κ3) is 3.93. The summed E-state index contributed by atoms with van der Waals surface area (Å²) in [5, 5.41) is 13.4. The second kappa shape index (κ2) is 6.87. The molecular formula is C11H15F2N3O4S. The topological polar surface area (TPSA) is 92.6 Å². The molecule has 7 nitrogen and oxygen atoms in total. The van der Waals surface area contributed by atoms with Gasteiger partial charge in [0, 0.05) is 25.7 Å². The molecule has 0 aliphatic carbocycles. The van der Waals surface area contributed by atoms with Crippen molar-refractivity contribution in [2.45, 2.75) is 11.3 Å². The van der Waals surface area contributed by atoms with Crippen molar-refractivity contribution in [2.75, 3.05) is 27.2 Å². The Morgan fingerprint density at radius 1 is 1.33 bits per heavy atom. The first-order valence-corrected chi connectivity index (χ1v) is 7.40. The van der Waals surface area contributed by atoms with Gasteiger partial charge in [0.1, 0.15) is 10.7 Å². The Morgan fingerprint density at radius 2 is 1.95 bits per heavy atom. The Balaban J connectivity index is 3.19. The second-order valence-corrected chi connectivity index (χ2v) is 6.29. The van der Waals surface area contributed by atoms with Crippen LogP contribution in [0, 0.1) is 21.7 Å². The van der Waals surface area contributed by atoms with Crippen molar-refractivity contribution in [3.8, 4) is 0 Å². The molecule has 1 aromatic carbocycles. The van der Waals surface area contributed by atoms with E-state index >= 15 is 0 Å². The number of rotatable bonds is 7. The average Bonchev–Trinajstić information content (AvgIpc) is 2.37. The molecule has 10 heteroatoms. The molecule has 0 aliphatic rings. The number of benzene rings is 1. The molecule has 0 aromatic heterocycles. The van der Waals surface area contributed by atoms with Crippen molar-refractivity contribution in [2.24, 2.45) is 0 Å². The van der Waals surface area contributed by atoms with Crippen LogP contribution in [-0.2, 0) is 10.0 Å². The quantitative estimate of drug-likeness (QED) is 0.461. The van der Waals surface area contributed by atoms with Crippen molar-refractivity contribution in [1.82, 2.24) is 9.62 Å². The van der Waals surface area contributed by atoms with E-state index in [-0.39, 0.29) is 12.6 Å². The van der Waals surface area contributed by atoms with E-state index in [0.29, 0.717) is 19.0 Å². The highest BCUT2D eigenvalue weighted by Gasteiger charge is 2.29. The molecule has 1 aromatic rings. The summed E-state index contributed by atoms with van der Waals surface area (Å²) in [6.07, 6.45) is 0.469. The minimum absolute atomic E-state index is 0.0911. The summed E-state index contributed by atoms with van der Waals surface area (Å²) >= 11 is 0. The number of halogens is 2. The number of sulfonamides is 1. The van der Waals surface area contributed by atoms with Gasteiger partial charge in [-0.1, -0.05) is 0 Å². The highest BCUT2D eigenvalue weighted by Crippen LogP contribution is 2.26. The molecule has 1 rings (SSSR count). The standard InChI is InChI=1S/C11H15F2N3O4S/c1-14-4-3-5-15(2)21(19,20)11-7-10(16(17)18)8(12)6-9(11)13/h6-7,14H,3-5H2,1-2H3. The number of hydrogen-bond donors (Lipinski definition) is 1. The van der Waals surface area contributed by atoms with Crippen LogP contribution in [0.15, 0.2) is 17.0 Å². The Morgan fingerprint density at radius 3 is 2.48 bits per heavy atom. The Kier molecular flexibility index (Phi) is 5.70. The lowest BCUT2D eigenvalue weighted by molar-refractivity contribution is -0.387. The van der Waals surface area contributed by atoms with Gasteiger partial charge in [0.15, 0.2) is 0 Å². The molecule has 0 saturated heterocycles. The highest BCUT2D eigenvalue weighted by molar-refractivity contribution is 7.89. The summed E-state index contributed by atoms with van der Waals surface area (Å²) in [6.45, 7) is 0.639. The summed E-state index contributed by atoms with van der Waals surface area (Å²) < 4.78 is 52.1. The number of nitrogens with one attached hydrogen (secondary N) is 1. The van der Waals surface area contributed by atoms with Gasteiger partial charge in [-0.3, -0.25) is 10.1 Å². The van der Waals surface area contributed by atoms with Crippen molar-refractivity contribution < 1.29 is 22.1 Å². The SMILES string of the molecule is CNCCCN(C)S(=O)(=O)c1cc([N+](=O)[O-])c(F)cc1F. The van der Waals surface area contributed by atoms with Gasteiger partial charge in [-0.15, -0.1) is 0 Å². The molecule has 1 N–H and O–H groups in total. The van der Waals surface area contributed by atoms with Gasteiger partial charge in [-0.2, -0.15) is 4.39 Å². The number of nitro benzene ring substituents is 1. The molecule has 0 heterocycles. The molecule has 118 valence electrons. The van der Waals surface area contributed by atoms with Crippen molar-refractivity contribution >= 4 is 15.7 Å². The summed E-state index contributed by atoms with van der Waals surface area (Å²) in [7, 11) is -1.35.